The van der Waals surface area contributed by atoms with E-state index in [-0.39, 0.29) is 17.9 Å². The maximum Gasteiger partial charge on any atom is 0.225 e. The Kier molecular flexibility index (Phi) is 6.35. The van der Waals surface area contributed by atoms with Gasteiger partial charge in [0.15, 0.2) is 0 Å². The van der Waals surface area contributed by atoms with Crippen LogP contribution in [0.5, 0.6) is 5.75 Å². The highest BCUT2D eigenvalue weighted by molar-refractivity contribution is 6.02. The van der Waals surface area contributed by atoms with Gasteiger partial charge in [-0.25, -0.2) is 0 Å². The molecule has 0 saturated heterocycles. The highest BCUT2D eigenvalue weighted by Crippen LogP contribution is 2.31. The van der Waals surface area contributed by atoms with Gasteiger partial charge in [0.1, 0.15) is 5.75 Å². The summed E-state index contributed by atoms with van der Waals surface area (Å²) in [6.45, 7) is 8.35. The van der Waals surface area contributed by atoms with Gasteiger partial charge >= 0.3 is 0 Å². The number of anilines is 1. The lowest BCUT2D eigenvalue weighted by Gasteiger charge is -2.22. The zero-order valence-corrected chi connectivity index (χ0v) is 17.1. The zero-order chi connectivity index (χ0) is 20.1. The van der Waals surface area contributed by atoms with E-state index in [9.17, 15) is 4.79 Å². The molecule has 0 heterocycles. The van der Waals surface area contributed by atoms with Crippen LogP contribution in [0, 0.1) is 5.92 Å². The summed E-state index contributed by atoms with van der Waals surface area (Å²) in [5.74, 6) is 1.41. The highest BCUT2D eigenvalue weighted by atomic mass is 16.5. The molecule has 3 aromatic carbocycles. The lowest BCUT2D eigenvalue weighted by molar-refractivity contribution is -0.116. The van der Waals surface area contributed by atoms with Crippen LogP contribution < -0.4 is 10.1 Å². The minimum atomic E-state index is 0.0394. The van der Waals surface area contributed by atoms with Gasteiger partial charge in [-0.05, 0) is 54.8 Å². The first-order valence-corrected chi connectivity index (χ1v) is 9.98. The van der Waals surface area contributed by atoms with E-state index in [0.717, 1.165) is 22.2 Å². The molecule has 0 aromatic heterocycles. The first-order chi connectivity index (χ1) is 13.4. The largest absolute Gasteiger partial charge is 0.491 e. The molecule has 1 N–H and O–H groups in total. The fraction of sp³-hybridized carbons (Fsp3) is 0.320. The van der Waals surface area contributed by atoms with E-state index < -0.39 is 0 Å². The van der Waals surface area contributed by atoms with Gasteiger partial charge in [0.25, 0.3) is 0 Å². The van der Waals surface area contributed by atoms with Gasteiger partial charge in [-0.3, -0.25) is 4.79 Å². The molecule has 0 fully saturated rings. The number of hydrogen-bond acceptors (Lipinski definition) is 2. The quantitative estimate of drug-likeness (QED) is 0.519. The van der Waals surface area contributed by atoms with Gasteiger partial charge < -0.3 is 10.1 Å². The van der Waals surface area contributed by atoms with Crippen LogP contribution in [-0.2, 0) is 4.79 Å². The van der Waals surface area contributed by atoms with Gasteiger partial charge in [-0.1, -0.05) is 62.4 Å². The molecule has 0 aliphatic rings. The normalized spacial score (nSPS) is 12.4. The summed E-state index contributed by atoms with van der Waals surface area (Å²) in [5, 5.41) is 5.30. The Hall–Kier alpha value is -2.81. The average molecular weight is 376 g/mol. The van der Waals surface area contributed by atoms with Crippen molar-refractivity contribution in [2.45, 2.75) is 46.1 Å². The molecular formula is C25H29NO2. The number of benzene rings is 3. The fourth-order valence-corrected chi connectivity index (χ4v) is 3.54. The summed E-state index contributed by atoms with van der Waals surface area (Å²) in [6, 6.07) is 22.2. The van der Waals surface area contributed by atoms with Crippen LogP contribution in [0.25, 0.3) is 10.8 Å². The Morgan fingerprint density at radius 2 is 1.57 bits per heavy atom. The van der Waals surface area contributed by atoms with Crippen LogP contribution >= 0.6 is 0 Å². The molecule has 3 nitrogen and oxygen atoms in total. The molecule has 0 aliphatic heterocycles. The monoisotopic (exact) mass is 375 g/mol. The number of ether oxygens (including phenoxy) is 1. The van der Waals surface area contributed by atoms with Crippen molar-refractivity contribution in [2.75, 3.05) is 5.32 Å². The molecule has 3 heteroatoms. The summed E-state index contributed by atoms with van der Waals surface area (Å²) in [7, 11) is 0. The van der Waals surface area contributed by atoms with E-state index in [1.54, 1.807) is 0 Å². The summed E-state index contributed by atoms with van der Waals surface area (Å²) in [4.78, 5) is 12.8. The molecule has 0 radical (unpaired) electrons. The van der Waals surface area contributed by atoms with E-state index in [1.807, 2.05) is 56.3 Å². The summed E-state index contributed by atoms with van der Waals surface area (Å²) >= 11 is 0. The zero-order valence-electron chi connectivity index (χ0n) is 17.1. The third-order valence-electron chi connectivity index (χ3n) is 4.95. The Morgan fingerprint density at radius 1 is 0.893 bits per heavy atom. The Labute approximate surface area is 167 Å². The van der Waals surface area contributed by atoms with E-state index >= 15 is 0 Å². The number of nitrogens with one attached hydrogen (secondary N) is 1. The second-order valence-electron chi connectivity index (χ2n) is 7.87. The summed E-state index contributed by atoms with van der Waals surface area (Å²) in [6.07, 6.45) is 0.601. The molecule has 0 bridgehead atoms. The fourth-order valence-electron chi connectivity index (χ4n) is 3.54. The van der Waals surface area contributed by atoms with Crippen LogP contribution in [0.3, 0.4) is 0 Å². The number of carbonyl (C=O) groups is 1. The average Bonchev–Trinajstić information content (AvgIpc) is 2.66. The van der Waals surface area contributed by atoms with Crippen molar-refractivity contribution in [1.29, 1.82) is 0 Å². The van der Waals surface area contributed by atoms with Gasteiger partial charge in [-0.2, -0.15) is 0 Å². The Morgan fingerprint density at radius 3 is 2.25 bits per heavy atom. The third kappa shape index (κ3) is 4.92. The maximum absolute atomic E-state index is 12.8. The minimum Gasteiger partial charge on any atom is -0.491 e. The topological polar surface area (TPSA) is 38.3 Å². The van der Waals surface area contributed by atoms with Crippen molar-refractivity contribution in [3.8, 4) is 5.75 Å². The Bertz CT molecular complexity index is 923. The van der Waals surface area contributed by atoms with Gasteiger partial charge in [0.05, 0.1) is 6.10 Å². The predicted octanol–water partition coefficient (Wildman–Crippen LogP) is 6.40. The van der Waals surface area contributed by atoms with Gasteiger partial charge in [0.2, 0.25) is 5.91 Å². The van der Waals surface area contributed by atoms with Crippen LogP contribution in [0.4, 0.5) is 5.69 Å². The number of fused-ring (bicyclic) bond motifs is 1. The van der Waals surface area contributed by atoms with Crippen molar-refractivity contribution in [2.24, 2.45) is 5.92 Å². The smallest absolute Gasteiger partial charge is 0.225 e. The van der Waals surface area contributed by atoms with Gasteiger partial charge in [0, 0.05) is 17.5 Å². The van der Waals surface area contributed by atoms with Crippen LogP contribution in [0.2, 0.25) is 0 Å². The minimum absolute atomic E-state index is 0.0394. The molecular weight excluding hydrogens is 346 g/mol. The molecule has 0 unspecified atom stereocenters. The second-order valence-corrected chi connectivity index (χ2v) is 7.87. The van der Waals surface area contributed by atoms with Crippen molar-refractivity contribution in [1.82, 2.24) is 0 Å². The van der Waals surface area contributed by atoms with E-state index in [4.69, 9.17) is 4.74 Å². The van der Waals surface area contributed by atoms with Crippen molar-refractivity contribution >= 4 is 22.4 Å². The number of amides is 1. The lowest BCUT2D eigenvalue weighted by Crippen LogP contribution is -2.19. The summed E-state index contributed by atoms with van der Waals surface area (Å²) < 4.78 is 5.73. The van der Waals surface area contributed by atoms with Crippen molar-refractivity contribution in [3.63, 3.8) is 0 Å². The molecule has 3 rings (SSSR count). The van der Waals surface area contributed by atoms with Crippen LogP contribution in [0.15, 0.2) is 66.7 Å². The van der Waals surface area contributed by atoms with E-state index in [1.165, 1.54) is 5.56 Å². The summed E-state index contributed by atoms with van der Waals surface area (Å²) in [5.41, 5.74) is 2.03. The second kappa shape index (κ2) is 8.92. The molecule has 146 valence electrons. The van der Waals surface area contributed by atoms with Crippen LogP contribution in [0.1, 0.15) is 45.6 Å². The standard InChI is InChI=1S/C25H29NO2/c1-17(2)23(20-12-14-21(15-13-20)28-18(3)4)16-25(27)26-24-11-7-9-19-8-5-6-10-22(19)24/h5-15,17-18,23H,16H2,1-4H3,(H,26,27)/t23-/m0/s1. The number of rotatable bonds is 7. The first kappa shape index (κ1) is 19.9. The molecule has 1 atom stereocenters. The molecule has 0 saturated carbocycles. The Balaban J connectivity index is 1.74. The number of carbonyl (C=O) groups excluding carboxylic acids is 1. The third-order valence-corrected chi connectivity index (χ3v) is 4.95. The molecule has 0 spiro atoms. The molecule has 3 aromatic rings. The van der Waals surface area contributed by atoms with Crippen molar-refractivity contribution < 1.29 is 9.53 Å². The predicted molar refractivity (Wildman–Crippen MR) is 117 cm³/mol. The highest BCUT2D eigenvalue weighted by Gasteiger charge is 2.20. The lowest BCUT2D eigenvalue weighted by atomic mass is 9.85. The van der Waals surface area contributed by atoms with Crippen molar-refractivity contribution in [3.05, 3.63) is 72.3 Å². The molecule has 1 amide bonds. The first-order valence-electron chi connectivity index (χ1n) is 9.98. The van der Waals surface area contributed by atoms with Gasteiger partial charge in [-0.15, -0.1) is 0 Å². The van der Waals surface area contributed by atoms with Crippen LogP contribution in [-0.4, -0.2) is 12.0 Å². The van der Waals surface area contributed by atoms with E-state index in [0.29, 0.717) is 12.3 Å². The SMILES string of the molecule is CC(C)Oc1ccc([C@@H](CC(=O)Nc2cccc3ccccc23)C(C)C)cc1. The molecule has 28 heavy (non-hydrogen) atoms. The molecule has 0 aliphatic carbocycles. The number of hydrogen-bond donors (Lipinski definition) is 1. The van der Waals surface area contributed by atoms with E-state index in [2.05, 4.69) is 43.4 Å². The maximum atomic E-state index is 12.8.